The van der Waals surface area contributed by atoms with Gasteiger partial charge in [-0.3, -0.25) is 10.1 Å². The van der Waals surface area contributed by atoms with Crippen LogP contribution in [0.15, 0.2) is 45.4 Å². The number of thioether (sulfide) groups is 1. The summed E-state index contributed by atoms with van der Waals surface area (Å²) in [5, 5.41) is 10.9. The van der Waals surface area contributed by atoms with Crippen LogP contribution in [0.3, 0.4) is 0 Å². The van der Waals surface area contributed by atoms with Crippen LogP contribution < -0.4 is 10.1 Å². The van der Waals surface area contributed by atoms with E-state index in [4.69, 9.17) is 4.74 Å². The molecule has 0 aliphatic carbocycles. The third-order valence-corrected chi connectivity index (χ3v) is 5.84. The first-order valence-electron chi connectivity index (χ1n) is 10.5. The predicted molar refractivity (Wildman–Crippen MR) is 122 cm³/mol. The molecule has 0 spiro atoms. The van der Waals surface area contributed by atoms with E-state index in [0.717, 1.165) is 48.5 Å². The molecule has 1 aromatic carbocycles. The number of rotatable bonds is 9. The lowest BCUT2D eigenvalue weighted by molar-refractivity contribution is -0.135. The molecule has 3 rings (SSSR count). The van der Waals surface area contributed by atoms with Gasteiger partial charge in [-0.25, -0.2) is 4.79 Å². The molecule has 166 valence electrons. The second-order valence-electron chi connectivity index (χ2n) is 7.23. The number of unbranched alkanes of at least 4 members (excludes halogenated alkanes) is 1. The van der Waals surface area contributed by atoms with Gasteiger partial charge < -0.3 is 14.4 Å². The lowest BCUT2D eigenvalue weighted by Gasteiger charge is -2.26. The van der Waals surface area contributed by atoms with Crippen molar-refractivity contribution in [3.63, 3.8) is 0 Å². The van der Waals surface area contributed by atoms with E-state index >= 15 is 0 Å². The van der Waals surface area contributed by atoms with E-state index in [0.29, 0.717) is 11.8 Å². The van der Waals surface area contributed by atoms with Gasteiger partial charge in [0.15, 0.2) is 5.17 Å². The van der Waals surface area contributed by atoms with Crippen LogP contribution in [-0.2, 0) is 14.3 Å². The first kappa shape index (κ1) is 23.0. The monoisotopic (exact) mass is 444 g/mol. The fourth-order valence-corrected chi connectivity index (χ4v) is 4.04. The standard InChI is InChI=1S/C22H28N4O4S/c1-29-20(27)15-19-21(28)24-22(31-19)25-23-16-17-9-3-4-10-18(17)30-14-8-7-13-26-11-5-2-6-12-26/h3-4,9-10,15-16H,2,5-8,11-14H2,1H3,(H,24,25,28)/b19-15+,23-16?. The van der Waals surface area contributed by atoms with Crippen molar-refractivity contribution in [1.82, 2.24) is 10.2 Å². The normalized spacial score (nSPS) is 19.8. The van der Waals surface area contributed by atoms with Crippen molar-refractivity contribution < 1.29 is 19.1 Å². The number of amidine groups is 1. The number of esters is 1. The second-order valence-corrected chi connectivity index (χ2v) is 8.26. The van der Waals surface area contributed by atoms with Crippen molar-refractivity contribution in [3.05, 3.63) is 40.8 Å². The van der Waals surface area contributed by atoms with Crippen LogP contribution in [0, 0.1) is 0 Å². The molecule has 2 heterocycles. The topological polar surface area (TPSA) is 92.6 Å². The summed E-state index contributed by atoms with van der Waals surface area (Å²) in [5.41, 5.74) is 0.808. The number of benzene rings is 1. The minimum atomic E-state index is -0.593. The SMILES string of the molecule is COC(=O)/C=C1/S/C(=N\N=Cc2ccccc2OCCCCN2CCCCC2)NC1=O. The quantitative estimate of drug-likeness (QED) is 0.207. The van der Waals surface area contributed by atoms with Crippen LogP contribution in [-0.4, -0.2) is 61.5 Å². The van der Waals surface area contributed by atoms with Gasteiger partial charge in [0.05, 0.1) is 24.8 Å². The molecule has 2 aliphatic rings. The lowest BCUT2D eigenvalue weighted by Crippen LogP contribution is -2.30. The summed E-state index contributed by atoms with van der Waals surface area (Å²) in [6.07, 6.45) is 8.84. The maximum atomic E-state index is 11.8. The largest absolute Gasteiger partial charge is 0.493 e. The second kappa shape index (κ2) is 12.3. The Bertz CT molecular complexity index is 863. The van der Waals surface area contributed by atoms with Crippen LogP contribution in [0.5, 0.6) is 5.75 Å². The maximum Gasteiger partial charge on any atom is 0.331 e. The molecule has 1 N–H and O–H groups in total. The summed E-state index contributed by atoms with van der Waals surface area (Å²) in [7, 11) is 1.25. The van der Waals surface area contributed by atoms with Crippen LogP contribution >= 0.6 is 11.8 Å². The smallest absolute Gasteiger partial charge is 0.331 e. The molecule has 0 atom stereocenters. The van der Waals surface area contributed by atoms with E-state index in [1.807, 2.05) is 24.3 Å². The van der Waals surface area contributed by atoms with Crippen molar-refractivity contribution in [2.45, 2.75) is 32.1 Å². The molecular weight excluding hydrogens is 416 g/mol. The molecular formula is C22H28N4O4S. The zero-order valence-corrected chi connectivity index (χ0v) is 18.5. The predicted octanol–water partition coefficient (Wildman–Crippen LogP) is 2.94. The maximum absolute atomic E-state index is 11.8. The van der Waals surface area contributed by atoms with Gasteiger partial charge in [-0.15, -0.1) is 5.10 Å². The van der Waals surface area contributed by atoms with Crippen LogP contribution in [0.25, 0.3) is 0 Å². The highest BCUT2D eigenvalue weighted by molar-refractivity contribution is 8.18. The van der Waals surface area contributed by atoms with Gasteiger partial charge in [0, 0.05) is 11.6 Å². The van der Waals surface area contributed by atoms with Crippen molar-refractivity contribution in [2.24, 2.45) is 10.2 Å². The Hall–Kier alpha value is -2.65. The fourth-order valence-electron chi connectivity index (χ4n) is 3.31. The van der Waals surface area contributed by atoms with Gasteiger partial charge in [-0.1, -0.05) is 18.6 Å². The minimum Gasteiger partial charge on any atom is -0.493 e. The van der Waals surface area contributed by atoms with E-state index < -0.39 is 11.9 Å². The van der Waals surface area contributed by atoms with Gasteiger partial charge in [0.25, 0.3) is 5.91 Å². The number of nitrogens with zero attached hydrogens (tertiary/aromatic N) is 3. The number of carbonyl (C=O) groups is 2. The molecule has 1 aromatic rings. The number of ether oxygens (including phenoxy) is 2. The highest BCUT2D eigenvalue weighted by atomic mass is 32.2. The van der Waals surface area contributed by atoms with Gasteiger partial charge in [0.2, 0.25) is 0 Å². The Balaban J connectivity index is 1.48. The Kier molecular flexibility index (Phi) is 9.11. The summed E-state index contributed by atoms with van der Waals surface area (Å²) >= 11 is 1.03. The number of likely N-dealkylation sites (tertiary alicyclic amines) is 1. The Morgan fingerprint density at radius 1 is 1.23 bits per heavy atom. The summed E-state index contributed by atoms with van der Waals surface area (Å²) in [4.78, 5) is 25.9. The summed E-state index contributed by atoms with van der Waals surface area (Å²) < 4.78 is 10.5. The lowest BCUT2D eigenvalue weighted by atomic mass is 10.1. The van der Waals surface area contributed by atoms with Crippen molar-refractivity contribution in [1.29, 1.82) is 0 Å². The van der Waals surface area contributed by atoms with Gasteiger partial charge in [-0.05, 0) is 69.2 Å². The number of amides is 1. The zero-order valence-electron chi connectivity index (χ0n) is 17.7. The van der Waals surface area contributed by atoms with E-state index in [1.54, 1.807) is 6.21 Å². The average molecular weight is 445 g/mol. The molecule has 2 aliphatic heterocycles. The van der Waals surface area contributed by atoms with Crippen molar-refractivity contribution in [3.8, 4) is 5.75 Å². The van der Waals surface area contributed by atoms with Crippen molar-refractivity contribution >= 4 is 35.0 Å². The van der Waals surface area contributed by atoms with E-state index in [-0.39, 0.29) is 4.91 Å². The van der Waals surface area contributed by atoms with Gasteiger partial charge in [-0.2, -0.15) is 5.10 Å². The van der Waals surface area contributed by atoms with E-state index in [2.05, 4.69) is 25.2 Å². The summed E-state index contributed by atoms with van der Waals surface area (Å²) in [6.45, 7) is 4.24. The Morgan fingerprint density at radius 3 is 2.84 bits per heavy atom. The van der Waals surface area contributed by atoms with Crippen LogP contribution in [0.1, 0.15) is 37.7 Å². The average Bonchev–Trinajstić information content (AvgIpc) is 3.14. The number of hydrogen-bond acceptors (Lipinski definition) is 8. The molecule has 0 radical (unpaired) electrons. The molecule has 2 saturated heterocycles. The molecule has 2 fully saturated rings. The third-order valence-electron chi connectivity index (χ3n) is 4.94. The van der Waals surface area contributed by atoms with Crippen LogP contribution in [0.2, 0.25) is 0 Å². The third kappa shape index (κ3) is 7.52. The molecule has 0 saturated carbocycles. The highest BCUT2D eigenvalue weighted by Crippen LogP contribution is 2.23. The van der Waals surface area contributed by atoms with E-state index in [9.17, 15) is 9.59 Å². The molecule has 0 unspecified atom stereocenters. The molecule has 0 aromatic heterocycles. The Labute approximate surface area is 186 Å². The van der Waals surface area contributed by atoms with Crippen molar-refractivity contribution in [2.75, 3.05) is 33.4 Å². The van der Waals surface area contributed by atoms with Gasteiger partial charge in [0.1, 0.15) is 5.75 Å². The van der Waals surface area contributed by atoms with E-state index in [1.165, 1.54) is 39.5 Å². The first-order chi connectivity index (χ1) is 15.2. The number of para-hydroxylation sites is 1. The number of nitrogens with one attached hydrogen (secondary N) is 1. The zero-order chi connectivity index (χ0) is 21.9. The molecule has 31 heavy (non-hydrogen) atoms. The number of methoxy groups -OCH3 is 1. The number of hydrogen-bond donors (Lipinski definition) is 1. The van der Waals surface area contributed by atoms with Crippen LogP contribution in [0.4, 0.5) is 0 Å². The number of carbonyl (C=O) groups excluding carboxylic acids is 2. The van der Waals surface area contributed by atoms with Gasteiger partial charge >= 0.3 is 5.97 Å². The molecule has 9 heteroatoms. The Morgan fingerprint density at radius 2 is 2.03 bits per heavy atom. The fraction of sp³-hybridized carbons (Fsp3) is 0.455. The number of piperidine rings is 1. The minimum absolute atomic E-state index is 0.217. The highest BCUT2D eigenvalue weighted by Gasteiger charge is 2.25. The molecule has 0 bridgehead atoms. The summed E-state index contributed by atoms with van der Waals surface area (Å²) in [5.74, 6) is -0.249. The molecule has 8 nitrogen and oxygen atoms in total. The molecule has 1 amide bonds. The first-order valence-corrected chi connectivity index (χ1v) is 11.3. The summed E-state index contributed by atoms with van der Waals surface area (Å²) in [6, 6.07) is 7.63.